The molecule has 0 atom stereocenters. The van der Waals surface area contributed by atoms with Crippen LogP contribution in [0, 0.1) is 6.92 Å². The van der Waals surface area contributed by atoms with Crippen LogP contribution in [-0.4, -0.2) is 9.97 Å². The Hall–Kier alpha value is -1.42. The van der Waals surface area contributed by atoms with Crippen molar-refractivity contribution in [3.05, 3.63) is 40.0 Å². The van der Waals surface area contributed by atoms with Crippen molar-refractivity contribution in [3.63, 3.8) is 0 Å². The van der Waals surface area contributed by atoms with Crippen LogP contribution in [0.15, 0.2) is 22.9 Å². The summed E-state index contributed by atoms with van der Waals surface area (Å²) < 4.78 is 0. The zero-order chi connectivity index (χ0) is 12.3. The van der Waals surface area contributed by atoms with Crippen LogP contribution in [0.1, 0.15) is 36.8 Å². The fraction of sp³-hybridized carbons (Fsp3) is 0.385. The van der Waals surface area contributed by atoms with E-state index in [2.05, 4.69) is 46.0 Å². The van der Waals surface area contributed by atoms with Gasteiger partial charge in [-0.2, -0.15) is 11.3 Å². The molecule has 0 aromatic carbocycles. The molecule has 3 nitrogen and oxygen atoms in total. The van der Waals surface area contributed by atoms with Crippen LogP contribution in [0.2, 0.25) is 0 Å². The lowest BCUT2D eigenvalue weighted by Crippen LogP contribution is -2.06. The van der Waals surface area contributed by atoms with E-state index in [1.54, 1.807) is 11.3 Å². The van der Waals surface area contributed by atoms with Gasteiger partial charge in [-0.05, 0) is 29.3 Å². The van der Waals surface area contributed by atoms with Crippen molar-refractivity contribution in [2.75, 3.05) is 5.32 Å². The molecular formula is C13H17N3S. The lowest BCUT2D eigenvalue weighted by Gasteiger charge is -2.09. The monoisotopic (exact) mass is 247 g/mol. The summed E-state index contributed by atoms with van der Waals surface area (Å²) in [6.45, 7) is 7.04. The molecule has 4 heteroatoms. The van der Waals surface area contributed by atoms with Gasteiger partial charge in [0.05, 0.1) is 0 Å². The lowest BCUT2D eigenvalue weighted by atomic mass is 10.2. The zero-order valence-corrected chi connectivity index (χ0v) is 11.2. The quantitative estimate of drug-likeness (QED) is 0.897. The fourth-order valence-electron chi connectivity index (χ4n) is 1.53. The molecule has 0 bridgehead atoms. The van der Waals surface area contributed by atoms with Crippen molar-refractivity contribution in [2.45, 2.75) is 33.2 Å². The number of nitrogens with one attached hydrogen (secondary N) is 1. The molecule has 0 unspecified atom stereocenters. The second kappa shape index (κ2) is 5.27. The van der Waals surface area contributed by atoms with E-state index in [-0.39, 0.29) is 0 Å². The summed E-state index contributed by atoms with van der Waals surface area (Å²) in [7, 11) is 0. The molecule has 2 aromatic rings. The van der Waals surface area contributed by atoms with E-state index in [4.69, 9.17) is 0 Å². The molecule has 2 heterocycles. The molecule has 0 amide bonds. The average Bonchev–Trinajstić information content (AvgIpc) is 2.78. The van der Waals surface area contributed by atoms with Crippen molar-refractivity contribution in [2.24, 2.45) is 0 Å². The highest BCUT2D eigenvalue weighted by atomic mass is 32.1. The van der Waals surface area contributed by atoms with Gasteiger partial charge in [-0.3, -0.25) is 0 Å². The number of nitrogens with zero attached hydrogens (tertiary/aromatic N) is 2. The van der Waals surface area contributed by atoms with Crippen LogP contribution in [0.4, 0.5) is 5.82 Å². The maximum Gasteiger partial charge on any atom is 0.133 e. The molecule has 2 aromatic heterocycles. The van der Waals surface area contributed by atoms with E-state index in [0.29, 0.717) is 5.92 Å². The van der Waals surface area contributed by atoms with Crippen LogP contribution in [0.3, 0.4) is 0 Å². The summed E-state index contributed by atoms with van der Waals surface area (Å²) >= 11 is 1.71. The smallest absolute Gasteiger partial charge is 0.133 e. The third-order valence-electron chi connectivity index (χ3n) is 2.44. The first-order valence-corrected chi connectivity index (χ1v) is 6.70. The molecule has 0 saturated carbocycles. The molecule has 0 radical (unpaired) electrons. The Morgan fingerprint density at radius 1 is 1.35 bits per heavy atom. The summed E-state index contributed by atoms with van der Waals surface area (Å²) in [6, 6.07) is 4.10. The van der Waals surface area contributed by atoms with E-state index < -0.39 is 0 Å². The van der Waals surface area contributed by atoms with Gasteiger partial charge in [0, 0.05) is 24.2 Å². The minimum atomic E-state index is 0.358. The maximum atomic E-state index is 4.51. The molecule has 2 rings (SSSR count). The van der Waals surface area contributed by atoms with Crippen molar-refractivity contribution >= 4 is 17.2 Å². The van der Waals surface area contributed by atoms with E-state index in [0.717, 1.165) is 23.9 Å². The SMILES string of the molecule is Cc1cc(NCc2ccsc2)nc(C(C)C)n1. The lowest BCUT2D eigenvalue weighted by molar-refractivity contribution is 0.766. The highest BCUT2D eigenvalue weighted by Crippen LogP contribution is 2.15. The Labute approximate surface area is 106 Å². The predicted octanol–water partition coefficient (Wildman–Crippen LogP) is 3.58. The van der Waals surface area contributed by atoms with Gasteiger partial charge in [-0.25, -0.2) is 9.97 Å². The summed E-state index contributed by atoms with van der Waals surface area (Å²) in [5, 5.41) is 7.57. The number of thiophene rings is 1. The topological polar surface area (TPSA) is 37.8 Å². The molecule has 0 saturated heterocycles. The van der Waals surface area contributed by atoms with Crippen molar-refractivity contribution < 1.29 is 0 Å². The Morgan fingerprint density at radius 3 is 2.82 bits per heavy atom. The molecule has 90 valence electrons. The summed E-state index contributed by atoms with van der Waals surface area (Å²) in [4.78, 5) is 8.94. The molecule has 17 heavy (non-hydrogen) atoms. The summed E-state index contributed by atoms with van der Waals surface area (Å²) in [5.41, 5.74) is 2.30. The summed E-state index contributed by atoms with van der Waals surface area (Å²) in [5.74, 6) is 2.17. The first kappa shape index (κ1) is 12.0. The number of hydrogen-bond acceptors (Lipinski definition) is 4. The summed E-state index contributed by atoms with van der Waals surface area (Å²) in [6.07, 6.45) is 0. The van der Waals surface area contributed by atoms with Crippen molar-refractivity contribution in [1.29, 1.82) is 0 Å². The van der Waals surface area contributed by atoms with Crippen LogP contribution >= 0.6 is 11.3 Å². The molecule has 1 N–H and O–H groups in total. The van der Waals surface area contributed by atoms with Gasteiger partial charge in [0.15, 0.2) is 0 Å². The van der Waals surface area contributed by atoms with Crippen molar-refractivity contribution in [3.8, 4) is 0 Å². The average molecular weight is 247 g/mol. The normalized spacial score (nSPS) is 10.8. The predicted molar refractivity (Wildman–Crippen MR) is 72.5 cm³/mol. The fourth-order valence-corrected chi connectivity index (χ4v) is 2.19. The first-order valence-electron chi connectivity index (χ1n) is 5.75. The minimum Gasteiger partial charge on any atom is -0.366 e. The molecular weight excluding hydrogens is 230 g/mol. The largest absolute Gasteiger partial charge is 0.366 e. The van der Waals surface area contributed by atoms with E-state index in [9.17, 15) is 0 Å². The number of rotatable bonds is 4. The van der Waals surface area contributed by atoms with Crippen LogP contribution in [0.25, 0.3) is 0 Å². The maximum absolute atomic E-state index is 4.51. The van der Waals surface area contributed by atoms with Crippen molar-refractivity contribution in [1.82, 2.24) is 9.97 Å². The van der Waals surface area contributed by atoms with Gasteiger partial charge in [0.2, 0.25) is 0 Å². The van der Waals surface area contributed by atoms with Crippen LogP contribution < -0.4 is 5.32 Å². The second-order valence-corrected chi connectivity index (χ2v) is 5.17. The highest BCUT2D eigenvalue weighted by Gasteiger charge is 2.05. The molecule has 0 aliphatic rings. The number of hydrogen-bond donors (Lipinski definition) is 1. The molecule has 0 aliphatic carbocycles. The highest BCUT2D eigenvalue weighted by molar-refractivity contribution is 7.07. The van der Waals surface area contributed by atoms with Gasteiger partial charge < -0.3 is 5.32 Å². The Morgan fingerprint density at radius 2 is 2.18 bits per heavy atom. The Kier molecular flexibility index (Phi) is 3.74. The third-order valence-corrected chi connectivity index (χ3v) is 3.17. The molecule has 0 spiro atoms. The van der Waals surface area contributed by atoms with E-state index >= 15 is 0 Å². The van der Waals surface area contributed by atoms with Gasteiger partial charge in [0.25, 0.3) is 0 Å². The molecule has 0 fully saturated rings. The van der Waals surface area contributed by atoms with E-state index in [1.807, 2.05) is 13.0 Å². The van der Waals surface area contributed by atoms with Gasteiger partial charge in [-0.1, -0.05) is 13.8 Å². The second-order valence-electron chi connectivity index (χ2n) is 4.39. The van der Waals surface area contributed by atoms with Crippen LogP contribution in [-0.2, 0) is 6.54 Å². The van der Waals surface area contributed by atoms with Crippen LogP contribution in [0.5, 0.6) is 0 Å². The number of aromatic nitrogens is 2. The van der Waals surface area contributed by atoms with Gasteiger partial charge in [0.1, 0.15) is 11.6 Å². The minimum absolute atomic E-state index is 0.358. The first-order chi connectivity index (χ1) is 8.15. The van der Waals surface area contributed by atoms with Gasteiger partial charge in [-0.15, -0.1) is 0 Å². The Balaban J connectivity index is 2.10. The van der Waals surface area contributed by atoms with E-state index in [1.165, 1.54) is 5.56 Å². The molecule has 0 aliphatic heterocycles. The third kappa shape index (κ3) is 3.27. The zero-order valence-electron chi connectivity index (χ0n) is 10.4. The number of anilines is 1. The van der Waals surface area contributed by atoms with Gasteiger partial charge >= 0.3 is 0 Å². The number of aryl methyl sites for hydroxylation is 1. The standard InChI is InChI=1S/C13H17N3S/c1-9(2)13-15-10(3)6-12(16-13)14-7-11-4-5-17-8-11/h4-6,8-9H,7H2,1-3H3,(H,14,15,16). The Bertz CT molecular complexity index is 477.